The van der Waals surface area contributed by atoms with E-state index in [1.54, 1.807) is 18.9 Å². The Kier molecular flexibility index (Phi) is 6.72. The lowest BCUT2D eigenvalue weighted by molar-refractivity contribution is 0.412. The summed E-state index contributed by atoms with van der Waals surface area (Å²) in [6, 6.07) is 26.1. The summed E-state index contributed by atoms with van der Waals surface area (Å²) in [4.78, 5) is 0. The number of benzene rings is 3. The topological polar surface area (TPSA) is 39.9 Å². The van der Waals surface area contributed by atoms with Crippen LogP contribution < -0.4 is 4.74 Å². The number of rotatable bonds is 8. The van der Waals surface area contributed by atoms with Crippen LogP contribution in [0.15, 0.2) is 84.0 Å². The molecule has 0 aliphatic rings. The maximum Gasteiger partial charge on any atom is 0.196 e. The molecule has 152 valence electrons. The van der Waals surface area contributed by atoms with E-state index in [4.69, 9.17) is 16.3 Å². The van der Waals surface area contributed by atoms with E-state index in [1.807, 2.05) is 54.6 Å². The maximum absolute atomic E-state index is 6.23. The molecule has 0 aliphatic heterocycles. The molecule has 4 aromatic rings. The van der Waals surface area contributed by atoms with Gasteiger partial charge in [-0.15, -0.1) is 10.2 Å². The predicted molar refractivity (Wildman–Crippen MR) is 124 cm³/mol. The summed E-state index contributed by atoms with van der Waals surface area (Å²) in [7, 11) is 1.68. The van der Waals surface area contributed by atoms with E-state index in [2.05, 4.69) is 39.0 Å². The van der Waals surface area contributed by atoms with Gasteiger partial charge >= 0.3 is 0 Å². The van der Waals surface area contributed by atoms with Crippen molar-refractivity contribution in [3.63, 3.8) is 0 Å². The van der Waals surface area contributed by atoms with Crippen molar-refractivity contribution in [2.45, 2.75) is 18.0 Å². The van der Waals surface area contributed by atoms with Crippen molar-refractivity contribution in [3.05, 3.63) is 89.4 Å². The maximum atomic E-state index is 6.23. The van der Waals surface area contributed by atoms with E-state index >= 15 is 0 Å². The van der Waals surface area contributed by atoms with Crippen molar-refractivity contribution in [2.24, 2.45) is 0 Å². The molecule has 0 fully saturated rings. The number of halogens is 1. The quantitative estimate of drug-likeness (QED) is 0.240. The van der Waals surface area contributed by atoms with Gasteiger partial charge in [-0.1, -0.05) is 78.0 Å². The zero-order valence-electron chi connectivity index (χ0n) is 16.7. The summed E-state index contributed by atoms with van der Waals surface area (Å²) in [6.45, 7) is 0. The molecule has 0 radical (unpaired) electrons. The first-order chi connectivity index (χ1) is 14.8. The van der Waals surface area contributed by atoms with E-state index in [1.165, 1.54) is 5.56 Å². The molecule has 0 saturated carbocycles. The number of methoxy groups -OCH3 is 1. The molecule has 4 rings (SSSR count). The van der Waals surface area contributed by atoms with Crippen LogP contribution in [0.2, 0.25) is 5.02 Å². The third kappa shape index (κ3) is 4.69. The smallest absolute Gasteiger partial charge is 0.196 e. The summed E-state index contributed by atoms with van der Waals surface area (Å²) in [5.74, 6) is 2.46. The number of aryl methyl sites for hydroxylation is 1. The Balaban J connectivity index is 1.63. The molecule has 1 heterocycles. The summed E-state index contributed by atoms with van der Waals surface area (Å²) in [6.07, 6.45) is 2.09. The van der Waals surface area contributed by atoms with E-state index in [-0.39, 0.29) is 0 Å². The van der Waals surface area contributed by atoms with Crippen molar-refractivity contribution in [2.75, 3.05) is 12.9 Å². The predicted octanol–water partition coefficient (Wildman–Crippen LogP) is 6.32. The molecule has 4 nitrogen and oxygen atoms in total. The molecule has 6 heteroatoms. The molecule has 3 aromatic carbocycles. The third-order valence-corrected chi connectivity index (χ3v) is 5.98. The van der Waals surface area contributed by atoms with Crippen LogP contribution in [0.5, 0.6) is 5.75 Å². The zero-order valence-corrected chi connectivity index (χ0v) is 18.2. The van der Waals surface area contributed by atoms with Gasteiger partial charge in [0, 0.05) is 16.3 Å². The van der Waals surface area contributed by atoms with Gasteiger partial charge in [0.15, 0.2) is 11.0 Å². The first-order valence-corrected chi connectivity index (χ1v) is 11.1. The summed E-state index contributed by atoms with van der Waals surface area (Å²) in [5, 5.41) is 10.5. The van der Waals surface area contributed by atoms with E-state index in [0.717, 1.165) is 46.6 Å². The number of hydrogen-bond donors (Lipinski definition) is 0. The van der Waals surface area contributed by atoms with Gasteiger partial charge in [-0.2, -0.15) is 0 Å². The Morgan fingerprint density at radius 2 is 1.73 bits per heavy atom. The second-order valence-electron chi connectivity index (χ2n) is 6.76. The molecular weight excluding hydrogens is 414 g/mol. The highest BCUT2D eigenvalue weighted by Crippen LogP contribution is 2.33. The molecule has 0 spiro atoms. The monoisotopic (exact) mass is 435 g/mol. The first kappa shape index (κ1) is 20.5. The van der Waals surface area contributed by atoms with Crippen LogP contribution in [0.4, 0.5) is 0 Å². The van der Waals surface area contributed by atoms with Crippen molar-refractivity contribution >= 4 is 23.4 Å². The summed E-state index contributed by atoms with van der Waals surface area (Å²) >= 11 is 7.93. The fraction of sp³-hybridized carbons (Fsp3) is 0.167. The van der Waals surface area contributed by atoms with Gasteiger partial charge in [0.1, 0.15) is 5.75 Å². The van der Waals surface area contributed by atoms with Crippen LogP contribution in [0.25, 0.3) is 17.1 Å². The lowest BCUT2D eigenvalue weighted by Gasteiger charge is -2.14. The molecule has 0 atom stereocenters. The van der Waals surface area contributed by atoms with Crippen LogP contribution in [-0.2, 0) is 6.42 Å². The molecule has 0 unspecified atom stereocenters. The van der Waals surface area contributed by atoms with Gasteiger partial charge < -0.3 is 4.74 Å². The Hall–Kier alpha value is -2.76. The van der Waals surface area contributed by atoms with Crippen molar-refractivity contribution < 1.29 is 4.74 Å². The third-order valence-electron chi connectivity index (χ3n) is 4.73. The number of aromatic nitrogens is 3. The summed E-state index contributed by atoms with van der Waals surface area (Å²) in [5.41, 5.74) is 3.17. The highest BCUT2D eigenvalue weighted by Gasteiger charge is 2.19. The van der Waals surface area contributed by atoms with Crippen LogP contribution in [0.1, 0.15) is 12.0 Å². The van der Waals surface area contributed by atoms with Crippen LogP contribution >= 0.6 is 23.4 Å². The molecule has 1 aromatic heterocycles. The second-order valence-corrected chi connectivity index (χ2v) is 8.26. The zero-order chi connectivity index (χ0) is 20.8. The van der Waals surface area contributed by atoms with Crippen LogP contribution in [-0.4, -0.2) is 27.6 Å². The largest absolute Gasteiger partial charge is 0.495 e. The van der Waals surface area contributed by atoms with E-state index in [0.29, 0.717) is 5.02 Å². The Morgan fingerprint density at radius 3 is 2.53 bits per heavy atom. The fourth-order valence-corrected chi connectivity index (χ4v) is 4.37. The van der Waals surface area contributed by atoms with Crippen LogP contribution in [0.3, 0.4) is 0 Å². The van der Waals surface area contributed by atoms with Crippen molar-refractivity contribution in [3.8, 4) is 22.8 Å². The average Bonchev–Trinajstić information content (AvgIpc) is 3.21. The SMILES string of the molecule is COc1ccccc1-n1c(SCCCc2ccccc2)nnc1-c1cccc(Cl)c1. The first-order valence-electron chi connectivity index (χ1n) is 9.78. The molecule has 0 aliphatic carbocycles. The number of nitrogens with zero attached hydrogens (tertiary/aromatic N) is 3. The van der Waals surface area contributed by atoms with Gasteiger partial charge in [-0.05, 0) is 42.7 Å². The van der Waals surface area contributed by atoms with E-state index in [9.17, 15) is 0 Å². The van der Waals surface area contributed by atoms with Gasteiger partial charge in [0.05, 0.1) is 12.8 Å². The van der Waals surface area contributed by atoms with Crippen molar-refractivity contribution in [1.29, 1.82) is 0 Å². The normalized spacial score (nSPS) is 10.9. The van der Waals surface area contributed by atoms with Gasteiger partial charge in [-0.3, -0.25) is 4.57 Å². The Labute approximate surface area is 185 Å². The van der Waals surface area contributed by atoms with Crippen molar-refractivity contribution in [1.82, 2.24) is 14.8 Å². The van der Waals surface area contributed by atoms with Gasteiger partial charge in [-0.25, -0.2) is 0 Å². The number of thioether (sulfide) groups is 1. The molecular formula is C24H22ClN3OS. The second kappa shape index (κ2) is 9.83. The summed E-state index contributed by atoms with van der Waals surface area (Å²) < 4.78 is 7.66. The van der Waals surface area contributed by atoms with Gasteiger partial charge in [0.2, 0.25) is 0 Å². The molecule has 0 saturated heterocycles. The molecule has 0 N–H and O–H groups in total. The van der Waals surface area contributed by atoms with Crippen LogP contribution in [0, 0.1) is 0 Å². The Bertz CT molecular complexity index is 1110. The fourth-order valence-electron chi connectivity index (χ4n) is 3.29. The number of ether oxygens (including phenoxy) is 1. The Morgan fingerprint density at radius 1 is 0.933 bits per heavy atom. The highest BCUT2D eigenvalue weighted by atomic mass is 35.5. The molecule has 0 bridgehead atoms. The standard InChI is InChI=1S/C24H22ClN3OS/c1-29-22-15-6-5-14-21(22)28-23(19-12-7-13-20(25)17-19)26-27-24(28)30-16-8-11-18-9-3-2-4-10-18/h2-7,9-10,12-15,17H,8,11,16H2,1H3. The lowest BCUT2D eigenvalue weighted by Crippen LogP contribution is -2.02. The molecule has 30 heavy (non-hydrogen) atoms. The lowest BCUT2D eigenvalue weighted by atomic mass is 10.1. The van der Waals surface area contributed by atoms with Gasteiger partial charge in [0.25, 0.3) is 0 Å². The number of hydrogen-bond acceptors (Lipinski definition) is 4. The van der Waals surface area contributed by atoms with E-state index < -0.39 is 0 Å². The highest BCUT2D eigenvalue weighted by molar-refractivity contribution is 7.99. The molecule has 0 amide bonds. The number of para-hydroxylation sites is 2. The minimum Gasteiger partial charge on any atom is -0.495 e. The average molecular weight is 436 g/mol. The minimum absolute atomic E-state index is 0.666. The minimum atomic E-state index is 0.666.